The molecule has 0 rings (SSSR count). The van der Waals surface area contributed by atoms with Gasteiger partial charge in [0.25, 0.3) is 0 Å². The van der Waals surface area contributed by atoms with E-state index in [1.807, 2.05) is 0 Å². The monoisotopic (exact) mass is 310 g/mol. The predicted molar refractivity (Wildman–Crippen MR) is 48.8 cm³/mol. The van der Waals surface area contributed by atoms with Crippen LogP contribution in [-0.2, 0) is 13.0 Å². The Hall–Kier alpha value is 1.37. The summed E-state index contributed by atoms with van der Waals surface area (Å²) < 4.78 is 0. The van der Waals surface area contributed by atoms with Crippen molar-refractivity contribution in [3.8, 4) is 0 Å². The van der Waals surface area contributed by atoms with Crippen molar-refractivity contribution < 1.29 is 13.0 Å². The average Bonchev–Trinajstić information content (AvgIpc) is 1.88. The summed E-state index contributed by atoms with van der Waals surface area (Å²) in [6.45, 7) is 2.77. The summed E-state index contributed by atoms with van der Waals surface area (Å²) in [7, 11) is 14.8. The number of halogens is 3. The molecular formula is C4H12Cl3N3Rh-. The molecule has 0 unspecified atom stereocenters. The third kappa shape index (κ3) is 34.6. The van der Waals surface area contributed by atoms with Gasteiger partial charge in [-0.3, -0.25) is 0 Å². The van der Waals surface area contributed by atoms with E-state index in [0.717, 1.165) is 13.1 Å². The normalized spacial score (nSPS) is 10.1. The van der Waals surface area contributed by atoms with Crippen molar-refractivity contribution in [1.82, 2.24) is 0 Å². The van der Waals surface area contributed by atoms with Gasteiger partial charge in [-0.1, -0.05) is 0 Å². The Morgan fingerprint density at radius 2 is 1.27 bits per heavy atom. The molecule has 0 saturated heterocycles. The second-order valence-corrected chi connectivity index (χ2v) is 8.85. The topological polar surface area (TPSA) is 66.1 Å². The van der Waals surface area contributed by atoms with Gasteiger partial charge in [-0.05, 0) is 13.1 Å². The fraction of sp³-hybridized carbons (Fsp3) is 1.00. The molecule has 0 atom stereocenters. The first kappa shape index (κ1) is 14.9. The molecule has 0 aromatic rings. The van der Waals surface area contributed by atoms with Crippen molar-refractivity contribution in [2.75, 3.05) is 26.2 Å². The van der Waals surface area contributed by atoms with Crippen molar-refractivity contribution in [3.63, 3.8) is 0 Å². The van der Waals surface area contributed by atoms with Gasteiger partial charge in [-0.2, -0.15) is 0 Å². The first-order valence-electron chi connectivity index (χ1n) is 2.83. The second kappa shape index (κ2) is 13.9. The second-order valence-electron chi connectivity index (χ2n) is 1.39. The molecule has 0 aliphatic heterocycles. The fourth-order valence-corrected chi connectivity index (χ4v) is 0.294. The summed E-state index contributed by atoms with van der Waals surface area (Å²) in [4.78, 5) is 0. The van der Waals surface area contributed by atoms with Gasteiger partial charge in [0.15, 0.2) is 0 Å². The number of hydrogen-bond acceptors (Lipinski definition) is 2. The Labute approximate surface area is 84.8 Å². The first-order chi connectivity index (χ1) is 5.15. The molecular weight excluding hydrogens is 299 g/mol. The molecule has 0 bridgehead atoms. The molecule has 0 fully saturated rings. The molecule has 11 heavy (non-hydrogen) atoms. The zero-order valence-corrected chi connectivity index (χ0v) is 9.80. The van der Waals surface area contributed by atoms with E-state index in [1.165, 1.54) is 0 Å². The van der Waals surface area contributed by atoms with Gasteiger partial charge >= 0.3 is 42.1 Å². The summed E-state index contributed by atoms with van der Waals surface area (Å²) in [5, 5.41) is 3.96. The molecule has 0 amide bonds. The summed E-state index contributed by atoms with van der Waals surface area (Å²) in [6.07, 6.45) is 0. The van der Waals surface area contributed by atoms with E-state index < -0.39 is 13.0 Å². The third-order valence-corrected chi connectivity index (χ3v) is 0.574. The summed E-state index contributed by atoms with van der Waals surface area (Å²) in [5.41, 5.74) is 10.3. The van der Waals surface area contributed by atoms with Gasteiger partial charge in [-0.15, -0.1) is 13.1 Å². The SMILES string of the molecule is NCC[N-]CCN.[Cl][Rh]([Cl])[Cl]. The Bertz CT molecular complexity index is 59.8. The molecule has 0 saturated carbocycles. The van der Waals surface area contributed by atoms with Gasteiger partial charge in [0.1, 0.15) is 0 Å². The van der Waals surface area contributed by atoms with Crippen LogP contribution in [0.5, 0.6) is 0 Å². The van der Waals surface area contributed by atoms with Crippen LogP contribution in [0.2, 0.25) is 0 Å². The van der Waals surface area contributed by atoms with Crippen LogP contribution >= 0.6 is 29.1 Å². The van der Waals surface area contributed by atoms with E-state index in [1.54, 1.807) is 0 Å². The molecule has 0 heterocycles. The minimum atomic E-state index is -1.66. The van der Waals surface area contributed by atoms with Crippen LogP contribution in [0.15, 0.2) is 0 Å². The van der Waals surface area contributed by atoms with Crippen molar-refractivity contribution in [2.24, 2.45) is 11.5 Å². The van der Waals surface area contributed by atoms with Gasteiger partial charge in [0.05, 0.1) is 0 Å². The van der Waals surface area contributed by atoms with Gasteiger partial charge in [0, 0.05) is 0 Å². The van der Waals surface area contributed by atoms with Crippen LogP contribution in [0.4, 0.5) is 0 Å². The van der Waals surface area contributed by atoms with Crippen molar-refractivity contribution in [3.05, 3.63) is 5.32 Å². The van der Waals surface area contributed by atoms with Crippen LogP contribution < -0.4 is 11.5 Å². The van der Waals surface area contributed by atoms with E-state index in [0.29, 0.717) is 13.1 Å². The molecule has 7 heteroatoms. The Balaban J connectivity index is 0. The first-order valence-corrected chi connectivity index (χ1v) is 9.16. The quantitative estimate of drug-likeness (QED) is 0.608. The number of rotatable bonds is 4. The summed E-state index contributed by atoms with van der Waals surface area (Å²) >= 11 is -1.66. The van der Waals surface area contributed by atoms with Gasteiger partial charge in [0.2, 0.25) is 0 Å². The van der Waals surface area contributed by atoms with Crippen molar-refractivity contribution in [1.29, 1.82) is 0 Å². The van der Waals surface area contributed by atoms with E-state index >= 15 is 0 Å². The molecule has 74 valence electrons. The molecule has 0 aromatic carbocycles. The molecule has 0 aliphatic rings. The molecule has 3 nitrogen and oxygen atoms in total. The van der Waals surface area contributed by atoms with E-state index in [4.69, 9.17) is 40.5 Å². The Kier molecular flexibility index (Phi) is 18.8. The van der Waals surface area contributed by atoms with Crippen LogP contribution in [0, 0.1) is 0 Å². The van der Waals surface area contributed by atoms with Gasteiger partial charge < -0.3 is 16.8 Å². The average molecular weight is 311 g/mol. The van der Waals surface area contributed by atoms with E-state index in [9.17, 15) is 0 Å². The van der Waals surface area contributed by atoms with E-state index in [2.05, 4.69) is 5.32 Å². The maximum absolute atomic E-state index is 5.13. The van der Waals surface area contributed by atoms with Gasteiger partial charge in [-0.25, -0.2) is 0 Å². The van der Waals surface area contributed by atoms with Crippen LogP contribution in [0.1, 0.15) is 0 Å². The standard InChI is InChI=1S/C4H12N3.3ClH.Rh/c5-1-3-7-4-2-6;;;;/h1-6H2;3*1H;/q-1;;;;+3/p-3. The summed E-state index contributed by atoms with van der Waals surface area (Å²) in [6, 6.07) is 0. The van der Waals surface area contributed by atoms with Crippen molar-refractivity contribution >= 4 is 29.1 Å². The number of hydrogen-bond donors (Lipinski definition) is 2. The molecule has 0 aliphatic carbocycles. The Morgan fingerprint density at radius 3 is 1.45 bits per heavy atom. The van der Waals surface area contributed by atoms with Crippen LogP contribution in [0.3, 0.4) is 0 Å². The number of nitrogens with two attached hydrogens (primary N) is 2. The van der Waals surface area contributed by atoms with Crippen LogP contribution in [0.25, 0.3) is 5.32 Å². The molecule has 4 N–H and O–H groups in total. The molecule has 0 aromatic heterocycles. The summed E-state index contributed by atoms with van der Waals surface area (Å²) in [5.74, 6) is 0. The zero-order chi connectivity index (χ0) is 9.11. The van der Waals surface area contributed by atoms with Crippen LogP contribution in [-0.4, -0.2) is 26.2 Å². The number of nitrogens with zero attached hydrogens (tertiary/aromatic N) is 1. The Morgan fingerprint density at radius 1 is 1.00 bits per heavy atom. The maximum atomic E-state index is 5.13. The fourth-order valence-electron chi connectivity index (χ4n) is 0.294. The molecule has 0 radical (unpaired) electrons. The third-order valence-electron chi connectivity index (χ3n) is 0.574. The zero-order valence-electron chi connectivity index (χ0n) is 5.90. The molecule has 0 spiro atoms. The minimum absolute atomic E-state index is 0.639. The predicted octanol–water partition coefficient (Wildman–Crippen LogP) is 1.34. The van der Waals surface area contributed by atoms with Crippen molar-refractivity contribution in [2.45, 2.75) is 0 Å². The van der Waals surface area contributed by atoms with E-state index in [-0.39, 0.29) is 0 Å².